The highest BCUT2D eigenvalue weighted by atomic mass is 14.8. The van der Waals surface area contributed by atoms with Crippen LogP contribution in [0.25, 0.3) is 0 Å². The molecule has 0 aliphatic heterocycles. The van der Waals surface area contributed by atoms with Crippen LogP contribution in [-0.4, -0.2) is 4.98 Å². The number of pyridine rings is 1. The van der Waals surface area contributed by atoms with Crippen LogP contribution < -0.4 is 5.73 Å². The molecule has 1 aromatic carbocycles. The number of benzene rings is 1. The summed E-state index contributed by atoms with van der Waals surface area (Å²) in [6.07, 6.45) is 2.56. The van der Waals surface area contributed by atoms with Crippen LogP contribution in [0.15, 0.2) is 42.6 Å². The monoisotopic (exact) mass is 198 g/mol. The molecule has 2 N–H and O–H groups in total. The number of nitrogen functional groups attached to an aromatic ring is 1. The minimum Gasteiger partial charge on any atom is -0.383 e. The lowest BCUT2D eigenvalue weighted by molar-refractivity contribution is 1.15. The molecule has 0 aliphatic carbocycles. The van der Waals surface area contributed by atoms with Crippen LogP contribution in [0.3, 0.4) is 0 Å². The van der Waals surface area contributed by atoms with Gasteiger partial charge in [-0.15, -0.1) is 0 Å². The average molecular weight is 198 g/mol. The fourth-order valence-corrected chi connectivity index (χ4v) is 1.53. The van der Waals surface area contributed by atoms with Gasteiger partial charge in [0.25, 0.3) is 0 Å². The number of nitrogens with two attached hydrogens (primary N) is 1. The van der Waals surface area contributed by atoms with Crippen molar-refractivity contribution in [1.82, 2.24) is 4.98 Å². The molecule has 2 heteroatoms. The Balaban J connectivity index is 2.22. The molecular weight excluding hydrogens is 184 g/mol. The van der Waals surface area contributed by atoms with E-state index in [1.807, 2.05) is 12.1 Å². The molecule has 76 valence electrons. The third-order valence-electron chi connectivity index (χ3n) is 2.44. The predicted octanol–water partition coefficient (Wildman–Crippen LogP) is 2.56. The first-order chi connectivity index (χ1) is 7.25. The lowest BCUT2D eigenvalue weighted by Crippen LogP contribution is -1.97. The minimum atomic E-state index is 0.623. The predicted molar refractivity (Wildman–Crippen MR) is 62.6 cm³/mol. The van der Waals surface area contributed by atoms with E-state index >= 15 is 0 Å². The standard InChI is InChI=1S/C13H14N2/c1-10-4-6-11(7-5-10)9-12-3-2-8-15-13(12)14/h2-8H,9H2,1H3,(H2,14,15). The molecule has 0 amide bonds. The zero-order valence-electron chi connectivity index (χ0n) is 8.77. The van der Waals surface area contributed by atoms with E-state index in [9.17, 15) is 0 Å². The molecule has 0 radical (unpaired) electrons. The van der Waals surface area contributed by atoms with Crippen molar-refractivity contribution in [3.05, 3.63) is 59.3 Å². The SMILES string of the molecule is Cc1ccc(Cc2cccnc2N)cc1. The smallest absolute Gasteiger partial charge is 0.126 e. The van der Waals surface area contributed by atoms with E-state index in [-0.39, 0.29) is 0 Å². The van der Waals surface area contributed by atoms with Crippen LogP contribution >= 0.6 is 0 Å². The van der Waals surface area contributed by atoms with Gasteiger partial charge in [-0.3, -0.25) is 0 Å². The topological polar surface area (TPSA) is 38.9 Å². The summed E-state index contributed by atoms with van der Waals surface area (Å²) in [6.45, 7) is 2.09. The maximum atomic E-state index is 5.79. The zero-order valence-corrected chi connectivity index (χ0v) is 8.77. The van der Waals surface area contributed by atoms with Crippen LogP contribution in [0.5, 0.6) is 0 Å². The lowest BCUT2D eigenvalue weighted by Gasteiger charge is -2.04. The van der Waals surface area contributed by atoms with E-state index in [1.54, 1.807) is 6.20 Å². The first-order valence-corrected chi connectivity index (χ1v) is 5.00. The largest absolute Gasteiger partial charge is 0.383 e. The van der Waals surface area contributed by atoms with E-state index in [4.69, 9.17) is 5.73 Å². The Morgan fingerprint density at radius 3 is 2.53 bits per heavy atom. The highest BCUT2D eigenvalue weighted by Crippen LogP contribution is 2.14. The molecular formula is C13H14N2. The van der Waals surface area contributed by atoms with E-state index in [0.29, 0.717) is 5.82 Å². The third kappa shape index (κ3) is 2.34. The maximum Gasteiger partial charge on any atom is 0.126 e. The summed E-state index contributed by atoms with van der Waals surface area (Å²) in [6, 6.07) is 12.4. The minimum absolute atomic E-state index is 0.623. The molecule has 0 bridgehead atoms. The van der Waals surface area contributed by atoms with Crippen LogP contribution in [0.4, 0.5) is 5.82 Å². The van der Waals surface area contributed by atoms with Crippen molar-refractivity contribution in [2.45, 2.75) is 13.3 Å². The summed E-state index contributed by atoms with van der Waals surface area (Å²) in [5.41, 5.74) is 9.41. The quantitative estimate of drug-likeness (QED) is 0.805. The van der Waals surface area contributed by atoms with Gasteiger partial charge in [0.05, 0.1) is 0 Å². The van der Waals surface area contributed by atoms with Gasteiger partial charge in [0, 0.05) is 12.6 Å². The Morgan fingerprint density at radius 2 is 1.87 bits per heavy atom. The van der Waals surface area contributed by atoms with Crippen molar-refractivity contribution in [2.75, 3.05) is 5.73 Å². The van der Waals surface area contributed by atoms with Crippen molar-refractivity contribution in [3.63, 3.8) is 0 Å². The second-order valence-corrected chi connectivity index (χ2v) is 3.71. The normalized spacial score (nSPS) is 10.2. The van der Waals surface area contributed by atoms with Gasteiger partial charge >= 0.3 is 0 Å². The fourth-order valence-electron chi connectivity index (χ4n) is 1.53. The summed E-state index contributed by atoms with van der Waals surface area (Å²) in [5, 5.41) is 0. The first kappa shape index (κ1) is 9.71. The molecule has 0 fully saturated rings. The number of nitrogens with zero attached hydrogens (tertiary/aromatic N) is 1. The van der Waals surface area contributed by atoms with E-state index in [0.717, 1.165) is 12.0 Å². The van der Waals surface area contributed by atoms with Gasteiger partial charge in [-0.1, -0.05) is 35.9 Å². The molecule has 0 spiro atoms. The van der Waals surface area contributed by atoms with Crippen molar-refractivity contribution in [2.24, 2.45) is 0 Å². The maximum absolute atomic E-state index is 5.79. The first-order valence-electron chi connectivity index (χ1n) is 5.00. The summed E-state index contributed by atoms with van der Waals surface area (Å²) in [4.78, 5) is 4.07. The number of hydrogen-bond acceptors (Lipinski definition) is 2. The number of hydrogen-bond donors (Lipinski definition) is 1. The van der Waals surface area contributed by atoms with Gasteiger partial charge in [0.15, 0.2) is 0 Å². The van der Waals surface area contributed by atoms with E-state index in [2.05, 4.69) is 36.2 Å². The van der Waals surface area contributed by atoms with Crippen molar-refractivity contribution in [3.8, 4) is 0 Å². The molecule has 0 saturated heterocycles. The molecule has 2 nitrogen and oxygen atoms in total. The fraction of sp³-hybridized carbons (Fsp3) is 0.154. The van der Waals surface area contributed by atoms with Crippen molar-refractivity contribution in [1.29, 1.82) is 0 Å². The molecule has 0 aliphatic rings. The van der Waals surface area contributed by atoms with Gasteiger partial charge < -0.3 is 5.73 Å². The summed E-state index contributed by atoms with van der Waals surface area (Å²) >= 11 is 0. The molecule has 0 atom stereocenters. The Labute approximate surface area is 89.8 Å². The molecule has 1 heterocycles. The van der Waals surface area contributed by atoms with Gasteiger partial charge in [0.1, 0.15) is 5.82 Å². The zero-order chi connectivity index (χ0) is 10.7. The molecule has 15 heavy (non-hydrogen) atoms. The summed E-state index contributed by atoms with van der Waals surface area (Å²) in [7, 11) is 0. The van der Waals surface area contributed by atoms with Crippen LogP contribution in [-0.2, 0) is 6.42 Å². The van der Waals surface area contributed by atoms with Crippen molar-refractivity contribution >= 4 is 5.82 Å². The molecule has 0 saturated carbocycles. The lowest BCUT2D eigenvalue weighted by atomic mass is 10.0. The molecule has 0 unspecified atom stereocenters. The second kappa shape index (κ2) is 4.13. The average Bonchev–Trinajstić information content (AvgIpc) is 2.25. The number of rotatable bonds is 2. The van der Waals surface area contributed by atoms with Crippen LogP contribution in [0, 0.1) is 6.92 Å². The summed E-state index contributed by atoms with van der Waals surface area (Å²) < 4.78 is 0. The van der Waals surface area contributed by atoms with E-state index < -0.39 is 0 Å². The highest BCUT2D eigenvalue weighted by Gasteiger charge is 2.00. The molecule has 2 aromatic rings. The Hall–Kier alpha value is -1.83. The van der Waals surface area contributed by atoms with Crippen molar-refractivity contribution < 1.29 is 0 Å². The third-order valence-corrected chi connectivity index (χ3v) is 2.44. The summed E-state index contributed by atoms with van der Waals surface area (Å²) in [5.74, 6) is 0.623. The van der Waals surface area contributed by atoms with Crippen LogP contribution in [0.1, 0.15) is 16.7 Å². The van der Waals surface area contributed by atoms with Gasteiger partial charge in [-0.2, -0.15) is 0 Å². The Kier molecular flexibility index (Phi) is 2.68. The van der Waals surface area contributed by atoms with Crippen LogP contribution in [0.2, 0.25) is 0 Å². The number of aromatic nitrogens is 1. The molecule has 1 aromatic heterocycles. The Bertz CT molecular complexity index is 446. The number of aryl methyl sites for hydroxylation is 1. The Morgan fingerprint density at radius 1 is 1.13 bits per heavy atom. The van der Waals surface area contributed by atoms with Gasteiger partial charge in [-0.25, -0.2) is 4.98 Å². The van der Waals surface area contributed by atoms with Gasteiger partial charge in [-0.05, 0) is 24.1 Å². The highest BCUT2D eigenvalue weighted by molar-refractivity contribution is 5.42. The number of anilines is 1. The second-order valence-electron chi connectivity index (χ2n) is 3.71. The van der Waals surface area contributed by atoms with E-state index in [1.165, 1.54) is 11.1 Å². The van der Waals surface area contributed by atoms with Gasteiger partial charge in [0.2, 0.25) is 0 Å². The molecule has 2 rings (SSSR count).